The van der Waals surface area contributed by atoms with Crippen LogP contribution in [0.1, 0.15) is 30.3 Å². The van der Waals surface area contributed by atoms with Crippen molar-refractivity contribution in [1.29, 1.82) is 0 Å². The zero-order valence-corrected chi connectivity index (χ0v) is 11.4. The Hall–Kier alpha value is -1.73. The molecule has 20 heavy (non-hydrogen) atoms. The summed E-state index contributed by atoms with van der Waals surface area (Å²) in [4.78, 5) is 31.6. The summed E-state index contributed by atoms with van der Waals surface area (Å²) in [5.41, 5.74) is 6.62. The number of carbonyl (C=O) groups is 1. The van der Waals surface area contributed by atoms with Gasteiger partial charge in [-0.15, -0.1) is 0 Å². The van der Waals surface area contributed by atoms with Crippen LogP contribution in [0.3, 0.4) is 0 Å². The van der Waals surface area contributed by atoms with Crippen molar-refractivity contribution in [2.45, 2.75) is 31.8 Å². The standard InChI is InChI=1S/C13H19N5O2/c1-2-9-8-7-18(4-3-10(8)17-16-9)13(20)11-5-15-12(19)6-14-11/h5-6,8-10,16-17H,2-4,7H2,1H3,(H,15,19). The number of carbonyl (C=O) groups excluding carboxylic acids is 1. The Morgan fingerprint density at radius 1 is 1.50 bits per heavy atom. The van der Waals surface area contributed by atoms with Crippen LogP contribution in [0.5, 0.6) is 0 Å². The predicted octanol–water partition coefficient (Wildman–Crippen LogP) is -0.513. The maximum absolute atomic E-state index is 12.4. The van der Waals surface area contributed by atoms with Crippen LogP contribution in [-0.4, -0.2) is 45.9 Å². The molecular formula is C13H19N5O2. The van der Waals surface area contributed by atoms with Crippen LogP contribution in [0.2, 0.25) is 0 Å². The van der Waals surface area contributed by atoms with Gasteiger partial charge >= 0.3 is 0 Å². The van der Waals surface area contributed by atoms with Crippen LogP contribution >= 0.6 is 0 Å². The first-order chi connectivity index (χ1) is 9.69. The van der Waals surface area contributed by atoms with Crippen molar-refractivity contribution < 1.29 is 4.79 Å². The topological polar surface area (TPSA) is 90.1 Å². The van der Waals surface area contributed by atoms with Crippen molar-refractivity contribution in [2.75, 3.05) is 13.1 Å². The number of H-pyrrole nitrogens is 1. The highest BCUT2D eigenvalue weighted by Gasteiger charge is 2.40. The summed E-state index contributed by atoms with van der Waals surface area (Å²) in [6, 6.07) is 0.840. The van der Waals surface area contributed by atoms with E-state index in [0.29, 0.717) is 30.2 Å². The number of aromatic amines is 1. The quantitative estimate of drug-likeness (QED) is 0.677. The van der Waals surface area contributed by atoms with E-state index in [1.54, 1.807) is 0 Å². The minimum atomic E-state index is -0.296. The van der Waals surface area contributed by atoms with Crippen LogP contribution in [-0.2, 0) is 0 Å². The Kier molecular flexibility index (Phi) is 3.54. The largest absolute Gasteiger partial charge is 0.337 e. The molecule has 0 aromatic carbocycles. The van der Waals surface area contributed by atoms with Gasteiger partial charge < -0.3 is 9.88 Å². The van der Waals surface area contributed by atoms with Crippen LogP contribution in [0.25, 0.3) is 0 Å². The highest BCUT2D eigenvalue weighted by molar-refractivity contribution is 5.92. The van der Waals surface area contributed by atoms with E-state index in [2.05, 4.69) is 27.7 Å². The molecule has 3 unspecified atom stereocenters. The molecule has 0 spiro atoms. The maximum Gasteiger partial charge on any atom is 0.273 e. The third-order valence-corrected chi connectivity index (χ3v) is 4.25. The van der Waals surface area contributed by atoms with Crippen molar-refractivity contribution in [1.82, 2.24) is 25.7 Å². The Labute approximate surface area is 116 Å². The summed E-state index contributed by atoms with van der Waals surface area (Å²) < 4.78 is 0. The van der Waals surface area contributed by atoms with E-state index in [1.165, 1.54) is 6.20 Å². The lowest BCUT2D eigenvalue weighted by Gasteiger charge is -2.35. The van der Waals surface area contributed by atoms with E-state index in [-0.39, 0.29) is 11.5 Å². The Balaban J connectivity index is 1.73. The van der Waals surface area contributed by atoms with Crippen LogP contribution in [0.15, 0.2) is 17.2 Å². The molecule has 3 N–H and O–H groups in total. The van der Waals surface area contributed by atoms with Gasteiger partial charge in [-0.1, -0.05) is 6.92 Å². The fourth-order valence-corrected chi connectivity index (χ4v) is 3.10. The Morgan fingerprint density at radius 2 is 2.35 bits per heavy atom. The molecule has 2 fully saturated rings. The van der Waals surface area contributed by atoms with Crippen LogP contribution < -0.4 is 16.4 Å². The molecule has 108 valence electrons. The number of fused-ring (bicyclic) bond motifs is 1. The number of piperidine rings is 1. The summed E-state index contributed by atoms with van der Waals surface area (Å²) in [6.07, 6.45) is 4.50. The lowest BCUT2D eigenvalue weighted by atomic mass is 9.87. The fourth-order valence-electron chi connectivity index (χ4n) is 3.10. The van der Waals surface area contributed by atoms with Gasteiger partial charge in [0.05, 0.1) is 6.20 Å². The van der Waals surface area contributed by atoms with Crippen molar-refractivity contribution >= 4 is 5.91 Å². The van der Waals surface area contributed by atoms with Gasteiger partial charge in [-0.05, 0) is 12.8 Å². The summed E-state index contributed by atoms with van der Waals surface area (Å²) in [7, 11) is 0. The van der Waals surface area contributed by atoms with E-state index in [9.17, 15) is 9.59 Å². The van der Waals surface area contributed by atoms with E-state index in [4.69, 9.17) is 0 Å². The van der Waals surface area contributed by atoms with E-state index < -0.39 is 0 Å². The molecule has 1 amide bonds. The number of amides is 1. The molecule has 3 heterocycles. The van der Waals surface area contributed by atoms with Crippen LogP contribution in [0.4, 0.5) is 0 Å². The predicted molar refractivity (Wildman–Crippen MR) is 73.0 cm³/mol. The second kappa shape index (κ2) is 5.34. The summed E-state index contributed by atoms with van der Waals surface area (Å²) in [5.74, 6) is 0.321. The van der Waals surface area contributed by atoms with Gasteiger partial charge in [0.2, 0.25) is 0 Å². The zero-order chi connectivity index (χ0) is 14.1. The van der Waals surface area contributed by atoms with Gasteiger partial charge in [0.15, 0.2) is 0 Å². The lowest BCUT2D eigenvalue weighted by Crippen LogP contribution is -2.48. The van der Waals surface area contributed by atoms with Gasteiger partial charge in [0.25, 0.3) is 11.5 Å². The number of hydrazine groups is 1. The lowest BCUT2D eigenvalue weighted by molar-refractivity contribution is 0.0645. The zero-order valence-electron chi connectivity index (χ0n) is 11.4. The molecule has 1 aromatic heterocycles. The average Bonchev–Trinajstić information content (AvgIpc) is 2.89. The van der Waals surface area contributed by atoms with Gasteiger partial charge in [0, 0.05) is 37.3 Å². The summed E-state index contributed by atoms with van der Waals surface area (Å²) in [6.45, 7) is 3.58. The number of nitrogens with one attached hydrogen (secondary N) is 3. The molecule has 7 heteroatoms. The molecular weight excluding hydrogens is 258 g/mol. The molecule has 2 saturated heterocycles. The average molecular weight is 277 g/mol. The number of likely N-dealkylation sites (tertiary alicyclic amines) is 1. The van der Waals surface area contributed by atoms with Crippen LogP contribution in [0, 0.1) is 5.92 Å². The third-order valence-electron chi connectivity index (χ3n) is 4.25. The van der Waals surface area contributed by atoms with E-state index in [1.807, 2.05) is 4.90 Å². The number of aromatic nitrogens is 2. The Bertz CT molecular complexity index is 531. The van der Waals surface area contributed by atoms with Crippen molar-refractivity contribution in [3.8, 4) is 0 Å². The van der Waals surface area contributed by atoms with Crippen molar-refractivity contribution in [3.63, 3.8) is 0 Å². The molecule has 2 aliphatic rings. The number of rotatable bonds is 2. The highest BCUT2D eigenvalue weighted by Crippen LogP contribution is 2.26. The second-order valence-electron chi connectivity index (χ2n) is 5.41. The fraction of sp³-hybridized carbons (Fsp3) is 0.615. The molecule has 0 bridgehead atoms. The molecule has 3 atom stereocenters. The smallest absolute Gasteiger partial charge is 0.273 e. The number of nitrogens with zero attached hydrogens (tertiary/aromatic N) is 2. The third kappa shape index (κ3) is 2.34. The first-order valence-corrected chi connectivity index (χ1v) is 7.04. The normalized spacial score (nSPS) is 29.2. The van der Waals surface area contributed by atoms with Gasteiger partial charge in [-0.25, -0.2) is 4.98 Å². The molecule has 7 nitrogen and oxygen atoms in total. The summed E-state index contributed by atoms with van der Waals surface area (Å²) >= 11 is 0. The van der Waals surface area contributed by atoms with Gasteiger partial charge in [-0.3, -0.25) is 20.4 Å². The number of hydrogen-bond donors (Lipinski definition) is 3. The maximum atomic E-state index is 12.4. The molecule has 0 saturated carbocycles. The minimum absolute atomic E-state index is 0.110. The molecule has 0 radical (unpaired) electrons. The molecule has 3 rings (SSSR count). The SMILES string of the molecule is CCC1NNC2CCN(C(=O)c3c[nH]c(=O)cn3)CC12. The molecule has 2 aliphatic heterocycles. The highest BCUT2D eigenvalue weighted by atomic mass is 16.2. The monoisotopic (exact) mass is 277 g/mol. The van der Waals surface area contributed by atoms with Crippen molar-refractivity contribution in [3.05, 3.63) is 28.4 Å². The second-order valence-corrected chi connectivity index (χ2v) is 5.41. The van der Waals surface area contributed by atoms with Crippen molar-refractivity contribution in [2.24, 2.45) is 5.92 Å². The van der Waals surface area contributed by atoms with Gasteiger partial charge in [0.1, 0.15) is 5.69 Å². The molecule has 0 aliphatic carbocycles. The first kappa shape index (κ1) is 13.3. The van der Waals surface area contributed by atoms with E-state index in [0.717, 1.165) is 25.6 Å². The molecule has 1 aromatic rings. The van der Waals surface area contributed by atoms with E-state index >= 15 is 0 Å². The summed E-state index contributed by atoms with van der Waals surface area (Å²) in [5, 5.41) is 0. The Morgan fingerprint density at radius 3 is 3.05 bits per heavy atom. The number of hydrogen-bond acceptors (Lipinski definition) is 5. The minimum Gasteiger partial charge on any atom is -0.337 e. The first-order valence-electron chi connectivity index (χ1n) is 7.04. The van der Waals surface area contributed by atoms with Gasteiger partial charge in [-0.2, -0.15) is 0 Å².